The summed E-state index contributed by atoms with van der Waals surface area (Å²) in [6.07, 6.45) is -2.39. The number of aliphatic hydroxyl groups excluding tert-OH is 1. The molecule has 0 aliphatic carbocycles. The van der Waals surface area contributed by atoms with Gasteiger partial charge in [0.25, 0.3) is 0 Å². The first-order valence-corrected chi connectivity index (χ1v) is 9.35. The summed E-state index contributed by atoms with van der Waals surface area (Å²) in [5.41, 5.74) is 1.33. The Bertz CT molecular complexity index is 799. The summed E-state index contributed by atoms with van der Waals surface area (Å²) in [4.78, 5) is 25.2. The summed E-state index contributed by atoms with van der Waals surface area (Å²) in [5, 5.41) is 11.0. The molecule has 0 bridgehead atoms. The fourth-order valence-corrected chi connectivity index (χ4v) is 3.59. The summed E-state index contributed by atoms with van der Waals surface area (Å²) < 4.78 is 5.39. The Morgan fingerprint density at radius 1 is 1.19 bits per heavy atom. The lowest BCUT2D eigenvalue weighted by atomic mass is 10.0. The Hall–Kier alpha value is -1.89. The van der Waals surface area contributed by atoms with Gasteiger partial charge in [0, 0.05) is 5.02 Å². The zero-order chi connectivity index (χ0) is 18.8. The van der Waals surface area contributed by atoms with Crippen molar-refractivity contribution >= 4 is 39.5 Å². The number of halogens is 2. The number of nitrogens with zero attached hydrogens (tertiary/aromatic N) is 1. The summed E-state index contributed by atoms with van der Waals surface area (Å²) in [5.74, 6) is -0.552. The van der Waals surface area contributed by atoms with Gasteiger partial charge in [0.05, 0.1) is 6.04 Å². The molecule has 0 aromatic heterocycles. The lowest BCUT2D eigenvalue weighted by Gasteiger charge is -2.24. The number of hydrogen-bond acceptors (Lipinski definition) is 4. The van der Waals surface area contributed by atoms with Gasteiger partial charge >= 0.3 is 6.09 Å². The zero-order valence-electron chi connectivity index (χ0n) is 13.9. The van der Waals surface area contributed by atoms with Gasteiger partial charge in [-0.2, -0.15) is 0 Å². The summed E-state index contributed by atoms with van der Waals surface area (Å²) >= 11 is 9.07. The van der Waals surface area contributed by atoms with Gasteiger partial charge in [0.2, 0.25) is 5.91 Å². The Kier molecular flexibility index (Phi) is 5.65. The van der Waals surface area contributed by atoms with Crippen LogP contribution in [0.3, 0.4) is 0 Å². The lowest BCUT2D eigenvalue weighted by molar-refractivity contribution is -0.130. The number of carbonyl (C=O) groups is 2. The number of ether oxygens (including phenoxy) is 1. The largest absolute Gasteiger partial charge is 0.439 e. The van der Waals surface area contributed by atoms with Crippen LogP contribution >= 0.6 is 27.5 Å². The minimum atomic E-state index is -1.13. The molecular weight excluding hydrogens is 422 g/mol. The number of aliphatic hydroxyl groups is 1. The molecule has 7 heteroatoms. The first-order chi connectivity index (χ1) is 12.4. The molecule has 0 spiro atoms. The van der Waals surface area contributed by atoms with Gasteiger partial charge < -0.3 is 9.84 Å². The van der Waals surface area contributed by atoms with Crippen LogP contribution in [0.2, 0.25) is 5.02 Å². The van der Waals surface area contributed by atoms with E-state index in [0.29, 0.717) is 10.6 Å². The number of hydrogen-bond donors (Lipinski definition) is 1. The maximum absolute atomic E-state index is 12.8. The van der Waals surface area contributed by atoms with E-state index < -0.39 is 35.1 Å². The number of amides is 2. The predicted molar refractivity (Wildman–Crippen MR) is 101 cm³/mol. The third kappa shape index (κ3) is 3.63. The average Bonchev–Trinajstić information content (AvgIpc) is 2.95. The molecule has 1 fully saturated rings. The van der Waals surface area contributed by atoms with Crippen molar-refractivity contribution in [3.8, 4) is 0 Å². The van der Waals surface area contributed by atoms with E-state index in [1.54, 1.807) is 31.2 Å². The SMILES string of the molecule is C[C@H]1[C@@H](c2ccccc2)OC(=O)N1C(=O)[C@@H](Br)[C@H](O)c1ccc(Cl)cc1. The van der Waals surface area contributed by atoms with Gasteiger partial charge in [-0.25, -0.2) is 9.69 Å². The Labute approximate surface area is 164 Å². The molecule has 1 N–H and O–H groups in total. The van der Waals surface area contributed by atoms with Crippen LogP contribution < -0.4 is 0 Å². The second kappa shape index (κ2) is 7.78. The highest BCUT2D eigenvalue weighted by Crippen LogP contribution is 2.35. The van der Waals surface area contributed by atoms with Crippen LogP contribution in [-0.2, 0) is 9.53 Å². The van der Waals surface area contributed by atoms with E-state index in [0.717, 1.165) is 10.5 Å². The standard InChI is InChI=1S/C19H17BrClNO4/c1-11-17(13-5-3-2-4-6-13)26-19(25)22(11)18(24)15(20)16(23)12-7-9-14(21)10-8-12/h2-11,15-17,23H,1H3/t11-,15-,16+,17-/m0/s1. The highest BCUT2D eigenvalue weighted by atomic mass is 79.9. The number of carbonyl (C=O) groups excluding carboxylic acids is 2. The molecule has 0 radical (unpaired) electrons. The molecule has 136 valence electrons. The van der Waals surface area contributed by atoms with Crippen molar-refractivity contribution in [2.24, 2.45) is 0 Å². The van der Waals surface area contributed by atoms with Gasteiger partial charge in [-0.3, -0.25) is 4.79 Å². The molecule has 3 rings (SSSR count). The summed E-state index contributed by atoms with van der Waals surface area (Å²) in [7, 11) is 0. The molecule has 2 amide bonds. The van der Waals surface area contributed by atoms with E-state index in [2.05, 4.69) is 15.9 Å². The monoisotopic (exact) mass is 437 g/mol. The van der Waals surface area contributed by atoms with Gasteiger partial charge in [-0.05, 0) is 30.2 Å². The van der Waals surface area contributed by atoms with E-state index in [-0.39, 0.29) is 0 Å². The van der Waals surface area contributed by atoms with Crippen LogP contribution in [0, 0.1) is 0 Å². The molecule has 2 aromatic carbocycles. The highest BCUT2D eigenvalue weighted by molar-refractivity contribution is 9.10. The van der Waals surface area contributed by atoms with Crippen LogP contribution in [-0.4, -0.2) is 32.9 Å². The third-order valence-corrected chi connectivity index (χ3v) is 5.50. The topological polar surface area (TPSA) is 66.8 Å². The Morgan fingerprint density at radius 2 is 1.81 bits per heavy atom. The van der Waals surface area contributed by atoms with E-state index in [1.807, 2.05) is 30.3 Å². The minimum Gasteiger partial charge on any atom is -0.439 e. The van der Waals surface area contributed by atoms with Gasteiger partial charge in [-0.15, -0.1) is 0 Å². The van der Waals surface area contributed by atoms with Crippen molar-refractivity contribution < 1.29 is 19.4 Å². The lowest BCUT2D eigenvalue weighted by Crippen LogP contribution is -2.43. The van der Waals surface area contributed by atoms with Crippen molar-refractivity contribution in [2.75, 3.05) is 0 Å². The van der Waals surface area contributed by atoms with E-state index in [9.17, 15) is 14.7 Å². The third-order valence-electron chi connectivity index (χ3n) is 4.36. The molecule has 4 atom stereocenters. The second-order valence-corrected chi connectivity index (χ2v) is 7.48. The van der Waals surface area contributed by atoms with Gasteiger partial charge in [0.1, 0.15) is 17.0 Å². The predicted octanol–water partition coefficient (Wildman–Crippen LogP) is 4.25. The number of imide groups is 1. The molecule has 1 aliphatic heterocycles. The van der Waals surface area contributed by atoms with E-state index >= 15 is 0 Å². The quantitative estimate of drug-likeness (QED) is 0.725. The molecule has 1 aliphatic rings. The molecule has 5 nitrogen and oxygen atoms in total. The molecule has 0 saturated carbocycles. The van der Waals surface area contributed by atoms with Gasteiger partial charge in [-0.1, -0.05) is 70.0 Å². The van der Waals surface area contributed by atoms with Crippen molar-refractivity contribution in [3.63, 3.8) is 0 Å². The molecular formula is C19H17BrClNO4. The van der Waals surface area contributed by atoms with Crippen molar-refractivity contribution in [2.45, 2.75) is 30.0 Å². The van der Waals surface area contributed by atoms with Crippen LogP contribution in [0.4, 0.5) is 4.79 Å². The summed E-state index contributed by atoms with van der Waals surface area (Å²) in [6, 6.07) is 15.3. The first kappa shape index (κ1) is 18.9. The van der Waals surface area contributed by atoms with Gasteiger partial charge in [0.15, 0.2) is 0 Å². The number of cyclic esters (lactones) is 1. The van der Waals surface area contributed by atoms with Crippen molar-refractivity contribution in [1.82, 2.24) is 4.90 Å². The number of rotatable bonds is 4. The van der Waals surface area contributed by atoms with Crippen LogP contribution in [0.5, 0.6) is 0 Å². The fourth-order valence-electron chi connectivity index (χ4n) is 2.94. The maximum atomic E-state index is 12.8. The Morgan fingerprint density at radius 3 is 2.42 bits per heavy atom. The maximum Gasteiger partial charge on any atom is 0.417 e. The smallest absolute Gasteiger partial charge is 0.417 e. The zero-order valence-corrected chi connectivity index (χ0v) is 16.2. The first-order valence-electron chi connectivity index (χ1n) is 8.06. The summed E-state index contributed by atoms with van der Waals surface area (Å²) in [6.45, 7) is 1.74. The van der Waals surface area contributed by atoms with Crippen LogP contribution in [0.25, 0.3) is 0 Å². The Balaban J connectivity index is 1.78. The highest BCUT2D eigenvalue weighted by Gasteiger charge is 2.46. The number of benzene rings is 2. The van der Waals surface area contributed by atoms with E-state index in [4.69, 9.17) is 16.3 Å². The fraction of sp³-hybridized carbons (Fsp3) is 0.263. The minimum absolute atomic E-state index is 0.491. The van der Waals surface area contributed by atoms with Crippen molar-refractivity contribution in [1.29, 1.82) is 0 Å². The molecule has 0 unspecified atom stereocenters. The van der Waals surface area contributed by atoms with Crippen LogP contribution in [0.1, 0.15) is 30.3 Å². The van der Waals surface area contributed by atoms with Crippen LogP contribution in [0.15, 0.2) is 54.6 Å². The van der Waals surface area contributed by atoms with Crippen molar-refractivity contribution in [3.05, 3.63) is 70.7 Å². The average molecular weight is 439 g/mol. The molecule has 26 heavy (non-hydrogen) atoms. The molecule has 1 saturated heterocycles. The molecule has 2 aromatic rings. The normalized spacial score (nSPS) is 22.0. The number of alkyl halides is 1. The second-order valence-electron chi connectivity index (χ2n) is 6.06. The molecule has 1 heterocycles. The van der Waals surface area contributed by atoms with E-state index in [1.165, 1.54) is 0 Å².